The van der Waals surface area contributed by atoms with Gasteiger partial charge in [-0.2, -0.15) is 0 Å². The average molecular weight is 265 g/mol. The summed E-state index contributed by atoms with van der Waals surface area (Å²) in [6.45, 7) is 3.92. The van der Waals surface area contributed by atoms with Crippen LogP contribution in [0.25, 0.3) is 0 Å². The number of anilines is 1. The van der Waals surface area contributed by atoms with E-state index >= 15 is 0 Å². The van der Waals surface area contributed by atoms with Gasteiger partial charge in [-0.05, 0) is 24.5 Å². The van der Waals surface area contributed by atoms with Crippen LogP contribution < -0.4 is 10.6 Å². The van der Waals surface area contributed by atoms with Gasteiger partial charge in [-0.1, -0.05) is 13.8 Å². The molecule has 0 spiro atoms. The Morgan fingerprint density at radius 1 is 1.42 bits per heavy atom. The van der Waals surface area contributed by atoms with Crippen LogP contribution in [0.2, 0.25) is 0 Å². The average Bonchev–Trinajstić information content (AvgIpc) is 2.36. The van der Waals surface area contributed by atoms with Crippen molar-refractivity contribution >= 4 is 17.6 Å². The first kappa shape index (κ1) is 14.9. The summed E-state index contributed by atoms with van der Waals surface area (Å²) in [5.41, 5.74) is 0.822. The molecule has 0 aliphatic rings. The maximum atomic E-state index is 11.4. The number of carbonyl (C=O) groups excluding carboxylic acids is 1. The predicted molar refractivity (Wildman–Crippen MR) is 72.1 cm³/mol. The van der Waals surface area contributed by atoms with Crippen LogP contribution in [-0.2, 0) is 4.79 Å². The molecule has 1 heterocycles. The zero-order chi connectivity index (χ0) is 14.4. The van der Waals surface area contributed by atoms with Crippen LogP contribution in [0.4, 0.5) is 5.69 Å². The van der Waals surface area contributed by atoms with E-state index in [2.05, 4.69) is 15.6 Å². The quantitative estimate of drug-likeness (QED) is 0.722. The van der Waals surface area contributed by atoms with Crippen molar-refractivity contribution in [3.63, 3.8) is 0 Å². The van der Waals surface area contributed by atoms with E-state index in [0.29, 0.717) is 12.1 Å². The number of carbonyl (C=O) groups is 2. The van der Waals surface area contributed by atoms with Crippen LogP contribution >= 0.6 is 0 Å². The Kier molecular flexibility index (Phi) is 5.29. The normalized spacial score (nSPS) is 12.0. The minimum absolute atomic E-state index is 0.251. The molecule has 0 saturated carbocycles. The summed E-state index contributed by atoms with van der Waals surface area (Å²) < 4.78 is 0. The van der Waals surface area contributed by atoms with Crippen molar-refractivity contribution in [1.29, 1.82) is 0 Å². The zero-order valence-electron chi connectivity index (χ0n) is 11.3. The van der Waals surface area contributed by atoms with Crippen molar-refractivity contribution < 1.29 is 14.7 Å². The SMILES string of the molecule is CNC(=O)c1cc(NC(CC(C)C)C(=O)O)ccn1. The summed E-state index contributed by atoms with van der Waals surface area (Å²) in [6, 6.07) is 2.50. The van der Waals surface area contributed by atoms with Gasteiger partial charge in [0.25, 0.3) is 5.91 Å². The molecule has 0 aliphatic heterocycles. The predicted octanol–water partition coefficient (Wildman–Crippen LogP) is 1.35. The Balaban J connectivity index is 2.84. The summed E-state index contributed by atoms with van der Waals surface area (Å²) in [4.78, 5) is 26.5. The van der Waals surface area contributed by atoms with Crippen molar-refractivity contribution in [1.82, 2.24) is 10.3 Å². The lowest BCUT2D eigenvalue weighted by atomic mass is 10.0. The Labute approximate surface area is 112 Å². The Bertz CT molecular complexity index is 460. The van der Waals surface area contributed by atoms with E-state index in [-0.39, 0.29) is 17.5 Å². The number of hydrogen-bond donors (Lipinski definition) is 3. The highest BCUT2D eigenvalue weighted by Gasteiger charge is 2.19. The standard InChI is InChI=1S/C13H19N3O3/c1-8(2)6-11(13(18)19)16-9-4-5-15-10(7-9)12(17)14-3/h4-5,7-8,11H,6H2,1-3H3,(H,14,17)(H,15,16)(H,18,19). The van der Waals surface area contributed by atoms with Crippen LogP contribution in [0.3, 0.4) is 0 Å². The first-order valence-electron chi connectivity index (χ1n) is 6.11. The molecular formula is C13H19N3O3. The second-order valence-corrected chi connectivity index (χ2v) is 4.67. The number of nitrogens with zero attached hydrogens (tertiary/aromatic N) is 1. The molecule has 1 unspecified atom stereocenters. The lowest BCUT2D eigenvalue weighted by Crippen LogP contribution is -2.31. The molecule has 1 aromatic rings. The Morgan fingerprint density at radius 2 is 2.11 bits per heavy atom. The fourth-order valence-corrected chi connectivity index (χ4v) is 1.67. The molecule has 0 aliphatic carbocycles. The zero-order valence-corrected chi connectivity index (χ0v) is 11.3. The highest BCUT2D eigenvalue weighted by molar-refractivity contribution is 5.93. The topological polar surface area (TPSA) is 91.3 Å². The van der Waals surface area contributed by atoms with Gasteiger partial charge in [-0.3, -0.25) is 9.78 Å². The third kappa shape index (κ3) is 4.57. The molecule has 0 bridgehead atoms. The van der Waals surface area contributed by atoms with Crippen molar-refractivity contribution in [3.8, 4) is 0 Å². The number of rotatable bonds is 6. The summed E-state index contributed by atoms with van der Waals surface area (Å²) in [6.07, 6.45) is 1.98. The number of pyridine rings is 1. The maximum Gasteiger partial charge on any atom is 0.326 e. The molecule has 3 N–H and O–H groups in total. The van der Waals surface area contributed by atoms with Gasteiger partial charge in [-0.25, -0.2) is 4.79 Å². The molecule has 6 nitrogen and oxygen atoms in total. The number of carboxylic acid groups (broad SMARTS) is 1. The number of carboxylic acids is 1. The summed E-state index contributed by atoms with van der Waals surface area (Å²) in [5.74, 6) is -0.958. The molecule has 1 aromatic heterocycles. The minimum atomic E-state index is -0.910. The monoisotopic (exact) mass is 265 g/mol. The van der Waals surface area contributed by atoms with E-state index in [1.54, 1.807) is 6.07 Å². The van der Waals surface area contributed by atoms with E-state index < -0.39 is 12.0 Å². The highest BCUT2D eigenvalue weighted by Crippen LogP contribution is 2.14. The number of hydrogen-bond acceptors (Lipinski definition) is 4. The largest absolute Gasteiger partial charge is 0.480 e. The highest BCUT2D eigenvalue weighted by atomic mass is 16.4. The van der Waals surface area contributed by atoms with Gasteiger partial charge in [0.1, 0.15) is 11.7 Å². The van der Waals surface area contributed by atoms with Crippen molar-refractivity contribution in [2.45, 2.75) is 26.3 Å². The van der Waals surface area contributed by atoms with Crippen molar-refractivity contribution in [2.75, 3.05) is 12.4 Å². The van der Waals surface area contributed by atoms with E-state index in [0.717, 1.165) is 0 Å². The molecule has 1 rings (SSSR count). The van der Waals surface area contributed by atoms with Crippen LogP contribution in [-0.4, -0.2) is 35.1 Å². The van der Waals surface area contributed by atoms with E-state index in [1.807, 2.05) is 13.8 Å². The second-order valence-electron chi connectivity index (χ2n) is 4.67. The molecule has 0 saturated heterocycles. The molecule has 0 aromatic carbocycles. The number of aliphatic carboxylic acids is 1. The molecule has 0 radical (unpaired) electrons. The van der Waals surface area contributed by atoms with E-state index in [4.69, 9.17) is 5.11 Å². The van der Waals surface area contributed by atoms with Gasteiger partial charge in [0.2, 0.25) is 0 Å². The molecule has 0 fully saturated rings. The summed E-state index contributed by atoms with van der Waals surface area (Å²) in [5, 5.41) is 14.5. The van der Waals surface area contributed by atoms with Gasteiger partial charge in [0.15, 0.2) is 0 Å². The molecule has 1 amide bonds. The molecule has 19 heavy (non-hydrogen) atoms. The lowest BCUT2D eigenvalue weighted by molar-refractivity contribution is -0.138. The van der Waals surface area contributed by atoms with Crippen molar-refractivity contribution in [3.05, 3.63) is 24.0 Å². The smallest absolute Gasteiger partial charge is 0.326 e. The van der Waals surface area contributed by atoms with Gasteiger partial charge >= 0.3 is 5.97 Å². The maximum absolute atomic E-state index is 11.4. The summed E-state index contributed by atoms with van der Waals surface area (Å²) in [7, 11) is 1.52. The number of nitrogens with one attached hydrogen (secondary N) is 2. The fraction of sp³-hybridized carbons (Fsp3) is 0.462. The summed E-state index contributed by atoms with van der Waals surface area (Å²) >= 11 is 0. The van der Waals surface area contributed by atoms with Gasteiger partial charge in [-0.15, -0.1) is 0 Å². The fourth-order valence-electron chi connectivity index (χ4n) is 1.67. The second kappa shape index (κ2) is 6.72. The van der Waals surface area contributed by atoms with Crippen LogP contribution in [0.1, 0.15) is 30.8 Å². The van der Waals surface area contributed by atoms with Crippen LogP contribution in [0, 0.1) is 5.92 Å². The van der Waals surface area contributed by atoms with Crippen LogP contribution in [0.5, 0.6) is 0 Å². The third-order valence-electron chi connectivity index (χ3n) is 2.57. The molecule has 104 valence electrons. The molecule has 6 heteroatoms. The minimum Gasteiger partial charge on any atom is -0.480 e. The van der Waals surface area contributed by atoms with Gasteiger partial charge in [0.05, 0.1) is 0 Å². The Hall–Kier alpha value is -2.11. The van der Waals surface area contributed by atoms with Gasteiger partial charge in [0, 0.05) is 18.9 Å². The molecular weight excluding hydrogens is 246 g/mol. The lowest BCUT2D eigenvalue weighted by Gasteiger charge is -2.17. The van der Waals surface area contributed by atoms with Crippen molar-refractivity contribution in [2.24, 2.45) is 5.92 Å². The number of aromatic nitrogens is 1. The molecule has 1 atom stereocenters. The van der Waals surface area contributed by atoms with Gasteiger partial charge < -0.3 is 15.7 Å². The first-order valence-corrected chi connectivity index (χ1v) is 6.11. The Morgan fingerprint density at radius 3 is 2.63 bits per heavy atom. The first-order chi connectivity index (χ1) is 8.93. The van der Waals surface area contributed by atoms with E-state index in [1.165, 1.54) is 19.3 Å². The third-order valence-corrected chi connectivity index (χ3v) is 2.57. The van der Waals surface area contributed by atoms with Crippen LogP contribution in [0.15, 0.2) is 18.3 Å². The number of amides is 1. The van der Waals surface area contributed by atoms with E-state index in [9.17, 15) is 9.59 Å².